The first-order valence-electron chi connectivity index (χ1n) is 7.76. The fourth-order valence-corrected chi connectivity index (χ4v) is 4.51. The Labute approximate surface area is 142 Å². The second-order valence-electron chi connectivity index (χ2n) is 5.92. The molecule has 10 heteroatoms. The van der Waals surface area contributed by atoms with Gasteiger partial charge in [-0.15, -0.1) is 0 Å². The summed E-state index contributed by atoms with van der Waals surface area (Å²) in [5.41, 5.74) is 12.2. The van der Waals surface area contributed by atoms with Gasteiger partial charge in [-0.1, -0.05) is 0 Å². The van der Waals surface area contributed by atoms with Crippen LogP contribution in [-0.4, -0.2) is 72.4 Å². The van der Waals surface area contributed by atoms with Gasteiger partial charge in [-0.05, 0) is 17.4 Å². The molecule has 1 unspecified atom stereocenters. The minimum atomic E-state index is -1.06. The highest BCUT2D eigenvalue weighted by Gasteiger charge is 2.46. The minimum absolute atomic E-state index is 0.0655. The van der Waals surface area contributed by atoms with Crippen molar-refractivity contribution in [1.82, 2.24) is 19.5 Å². The number of anilines is 1. The molecule has 0 amide bonds. The maximum atomic E-state index is 10.4. The minimum Gasteiger partial charge on any atom is -0.387 e. The number of nitrogens with zero attached hydrogens (tertiary/aromatic N) is 4. The number of aliphatic hydroxyl groups excluding tert-OH is 2. The topological polar surface area (TPSA) is 145 Å². The summed E-state index contributed by atoms with van der Waals surface area (Å²) in [7, 11) is 0.0655. The normalized spacial score (nSPS) is 28.5. The molecule has 0 aliphatic carbocycles. The zero-order valence-electron chi connectivity index (χ0n) is 13.4. The summed E-state index contributed by atoms with van der Waals surface area (Å²) >= 11 is 0. The van der Waals surface area contributed by atoms with Gasteiger partial charge in [0.05, 0.1) is 12.6 Å². The Kier molecular flexibility index (Phi) is 5.21. The number of imidazole rings is 1. The van der Waals surface area contributed by atoms with Gasteiger partial charge in [-0.3, -0.25) is 4.57 Å². The third-order valence-electron chi connectivity index (χ3n) is 4.14. The van der Waals surface area contributed by atoms with Gasteiger partial charge in [0.15, 0.2) is 17.7 Å². The average Bonchev–Trinajstić information content (AvgIpc) is 3.10. The first-order valence-corrected chi connectivity index (χ1v) is 9.74. The van der Waals surface area contributed by atoms with E-state index in [0.29, 0.717) is 23.5 Å². The second kappa shape index (κ2) is 7.19. The van der Waals surface area contributed by atoms with Crippen molar-refractivity contribution in [1.29, 1.82) is 0 Å². The maximum absolute atomic E-state index is 10.4. The molecule has 6 N–H and O–H groups in total. The van der Waals surface area contributed by atoms with E-state index in [9.17, 15) is 10.2 Å². The predicted molar refractivity (Wildman–Crippen MR) is 92.4 cm³/mol. The summed E-state index contributed by atoms with van der Waals surface area (Å²) in [4.78, 5) is 12.2. The lowest BCUT2D eigenvalue weighted by molar-refractivity contribution is -0.0290. The quantitative estimate of drug-likeness (QED) is 0.464. The van der Waals surface area contributed by atoms with Crippen LogP contribution in [0.2, 0.25) is 0 Å². The van der Waals surface area contributed by atoms with Gasteiger partial charge in [-0.2, -0.15) is 0 Å². The predicted octanol–water partition coefficient (Wildman–Crippen LogP) is -1.38. The average molecular weight is 355 g/mol. The lowest BCUT2D eigenvalue weighted by Gasteiger charge is -2.16. The summed E-state index contributed by atoms with van der Waals surface area (Å²) in [6.07, 6.45) is 2.68. The van der Waals surface area contributed by atoms with Crippen molar-refractivity contribution in [3.8, 4) is 0 Å². The van der Waals surface area contributed by atoms with Crippen LogP contribution >= 0.6 is 0 Å². The molecule has 0 radical (unpaired) electrons. The first-order chi connectivity index (χ1) is 11.5. The molecule has 9 nitrogen and oxygen atoms in total. The van der Waals surface area contributed by atoms with Gasteiger partial charge in [0.1, 0.15) is 41.7 Å². The van der Waals surface area contributed by atoms with Crippen LogP contribution in [-0.2, 0) is 15.6 Å². The van der Waals surface area contributed by atoms with E-state index in [1.54, 1.807) is 4.57 Å². The van der Waals surface area contributed by atoms with Crippen molar-refractivity contribution in [3.63, 3.8) is 0 Å². The zero-order valence-corrected chi connectivity index (χ0v) is 14.3. The number of rotatable bonds is 6. The van der Waals surface area contributed by atoms with Crippen LogP contribution < -0.4 is 11.5 Å². The molecule has 0 bridgehead atoms. The molecule has 24 heavy (non-hydrogen) atoms. The van der Waals surface area contributed by atoms with Crippen molar-refractivity contribution in [3.05, 3.63) is 12.7 Å². The lowest BCUT2D eigenvalue weighted by Crippen LogP contribution is -2.35. The monoisotopic (exact) mass is 355 g/mol. The highest BCUT2D eigenvalue weighted by atomic mass is 32.2. The van der Waals surface area contributed by atoms with Gasteiger partial charge in [-0.25, -0.2) is 15.0 Å². The van der Waals surface area contributed by atoms with Crippen LogP contribution in [0.15, 0.2) is 12.7 Å². The zero-order chi connectivity index (χ0) is 17.3. The van der Waals surface area contributed by atoms with Crippen LogP contribution in [0.3, 0.4) is 0 Å². The van der Waals surface area contributed by atoms with Crippen LogP contribution in [0.4, 0.5) is 5.82 Å². The number of aliphatic hydroxyl groups is 2. The number of aromatic nitrogens is 4. The molecule has 3 heterocycles. The van der Waals surface area contributed by atoms with E-state index in [4.69, 9.17) is 16.2 Å². The molecule has 0 spiro atoms. The number of fused-ring (bicyclic) bond motifs is 1. The van der Waals surface area contributed by atoms with Crippen LogP contribution in [0.25, 0.3) is 11.2 Å². The van der Waals surface area contributed by atoms with Crippen molar-refractivity contribution >= 4 is 27.9 Å². The Morgan fingerprint density at radius 1 is 1.29 bits per heavy atom. The third-order valence-corrected chi connectivity index (χ3v) is 6.03. The summed E-state index contributed by atoms with van der Waals surface area (Å²) in [6.45, 7) is 0.652. The van der Waals surface area contributed by atoms with E-state index < -0.39 is 24.5 Å². The Balaban J connectivity index is 1.78. The van der Waals surface area contributed by atoms with E-state index in [1.807, 2.05) is 0 Å². The first kappa shape index (κ1) is 17.4. The fraction of sp³-hybridized carbons (Fsp3) is 0.643. The number of nitrogen functional groups attached to an aromatic ring is 1. The molecule has 0 aromatic carbocycles. The van der Waals surface area contributed by atoms with Gasteiger partial charge in [0.25, 0.3) is 0 Å². The summed E-state index contributed by atoms with van der Waals surface area (Å²) in [6, 6.07) is 0. The summed E-state index contributed by atoms with van der Waals surface area (Å²) < 4.78 is 7.52. The molecule has 0 saturated carbocycles. The Hall–Kier alpha value is -1.46. The van der Waals surface area contributed by atoms with Crippen LogP contribution in [0.5, 0.6) is 0 Å². The number of ether oxygens (including phenoxy) is 1. The summed E-state index contributed by atoms with van der Waals surface area (Å²) in [5, 5.41) is 20.7. The lowest BCUT2D eigenvalue weighted by atomic mass is 10.1. The van der Waals surface area contributed by atoms with Gasteiger partial charge in [0.2, 0.25) is 0 Å². The molecule has 1 aliphatic rings. The molecule has 1 saturated heterocycles. The van der Waals surface area contributed by atoms with E-state index in [1.165, 1.54) is 12.7 Å². The van der Waals surface area contributed by atoms with E-state index >= 15 is 0 Å². The van der Waals surface area contributed by atoms with Gasteiger partial charge >= 0.3 is 0 Å². The fourth-order valence-electron chi connectivity index (χ4n) is 2.85. The molecular formula is C14H23N6O3S+. The molecule has 1 fully saturated rings. The van der Waals surface area contributed by atoms with Crippen molar-refractivity contribution in [2.75, 3.05) is 30.0 Å². The number of hydrogen-bond donors (Lipinski definition) is 4. The van der Waals surface area contributed by atoms with Gasteiger partial charge in [0, 0.05) is 6.42 Å². The highest BCUT2D eigenvalue weighted by molar-refractivity contribution is 7.96. The third kappa shape index (κ3) is 3.20. The molecule has 5 atom stereocenters. The highest BCUT2D eigenvalue weighted by Crippen LogP contribution is 2.32. The molecule has 132 valence electrons. The molecule has 3 rings (SSSR count). The largest absolute Gasteiger partial charge is 0.387 e. The standard InChI is InChI=1S/C14H23N6O3S/c1-24(4-2-3-15)5-8-10(21)11(22)14(23-8)20-7-19-9-12(16)17-6-18-13(9)20/h6-8,10-11,14,21-22H,2-5,15H2,1H3,(H2,16,17,18)/q+1/t8-,10-,11-,14-,24?/m1/s1. The van der Waals surface area contributed by atoms with Crippen molar-refractivity contribution in [2.45, 2.75) is 31.0 Å². The summed E-state index contributed by atoms with van der Waals surface area (Å²) in [5.74, 6) is 1.93. The van der Waals surface area contributed by atoms with Gasteiger partial charge < -0.3 is 26.4 Å². The van der Waals surface area contributed by atoms with Crippen LogP contribution in [0.1, 0.15) is 12.6 Å². The number of hydrogen-bond acceptors (Lipinski definition) is 8. The number of nitrogens with two attached hydrogens (primary N) is 2. The second-order valence-corrected chi connectivity index (χ2v) is 8.23. The van der Waals surface area contributed by atoms with E-state index in [-0.39, 0.29) is 16.7 Å². The van der Waals surface area contributed by atoms with Crippen molar-refractivity contribution < 1.29 is 14.9 Å². The smallest absolute Gasteiger partial charge is 0.167 e. The Morgan fingerprint density at radius 3 is 2.83 bits per heavy atom. The molecular weight excluding hydrogens is 332 g/mol. The molecule has 1 aliphatic heterocycles. The van der Waals surface area contributed by atoms with E-state index in [2.05, 4.69) is 21.2 Å². The van der Waals surface area contributed by atoms with Crippen LogP contribution in [0, 0.1) is 0 Å². The Bertz CT molecular complexity index is 698. The SMILES string of the molecule is C[S+](CCCN)C[C@H]1O[C@@H](n2cnc3c(N)ncnc32)[C@H](O)[C@@H]1O. The maximum Gasteiger partial charge on any atom is 0.167 e. The molecule has 2 aromatic rings. The molecule has 2 aromatic heterocycles. The Morgan fingerprint density at radius 2 is 2.08 bits per heavy atom. The van der Waals surface area contributed by atoms with E-state index in [0.717, 1.165) is 12.2 Å². The van der Waals surface area contributed by atoms with Crippen molar-refractivity contribution in [2.24, 2.45) is 5.73 Å².